The number of carbonyl (C=O) groups is 6. The zero-order valence-electron chi connectivity index (χ0n) is 25.8. The van der Waals surface area contributed by atoms with Crippen molar-refractivity contribution in [3.05, 3.63) is 64.2 Å². The van der Waals surface area contributed by atoms with E-state index >= 15 is 0 Å². The Morgan fingerprint density at radius 2 is 1.33 bits per heavy atom. The maximum Gasteiger partial charge on any atom is 0.534 e. The molecule has 1 heterocycles. The minimum atomic E-state index is -6.24. The fraction of sp³-hybridized carbons (Fsp3) is 0.355. The van der Waals surface area contributed by atoms with Crippen molar-refractivity contribution in [3.8, 4) is 17.6 Å². The second-order valence-corrected chi connectivity index (χ2v) is 12.0. The fourth-order valence-electron chi connectivity index (χ4n) is 5.04. The van der Waals surface area contributed by atoms with Crippen molar-refractivity contribution in [2.75, 3.05) is 6.61 Å². The molecule has 1 aliphatic heterocycles. The lowest BCUT2D eigenvalue weighted by Crippen LogP contribution is -2.62. The van der Waals surface area contributed by atoms with Crippen molar-refractivity contribution < 1.29 is 78.2 Å². The van der Waals surface area contributed by atoms with E-state index in [0.29, 0.717) is 0 Å². The van der Waals surface area contributed by atoms with Gasteiger partial charge in [-0.3, -0.25) is 28.8 Å². The normalized spacial score (nSPS) is 21.6. The van der Waals surface area contributed by atoms with Crippen molar-refractivity contribution in [2.24, 2.45) is 0 Å². The minimum absolute atomic E-state index is 0.206. The first-order valence-electron chi connectivity index (χ1n) is 14.0. The number of halogens is 3. The van der Waals surface area contributed by atoms with Gasteiger partial charge in [-0.2, -0.15) is 21.6 Å². The van der Waals surface area contributed by atoms with Gasteiger partial charge in [0.25, 0.3) is 0 Å². The number of hydrogen-bond acceptors (Lipinski definition) is 14. The molecule has 49 heavy (non-hydrogen) atoms. The first-order chi connectivity index (χ1) is 22.8. The zero-order chi connectivity index (χ0) is 36.4. The first-order valence-corrected chi connectivity index (χ1v) is 15.4. The van der Waals surface area contributed by atoms with Crippen molar-refractivity contribution in [1.29, 1.82) is 0 Å². The Balaban J connectivity index is 1.83. The van der Waals surface area contributed by atoms with Gasteiger partial charge in [-0.1, -0.05) is 36.1 Å². The summed E-state index contributed by atoms with van der Waals surface area (Å²) in [5.74, 6) is -1.25. The van der Waals surface area contributed by atoms with Gasteiger partial charge in [-0.25, -0.2) is 0 Å². The van der Waals surface area contributed by atoms with Crippen LogP contribution in [0.4, 0.5) is 13.2 Å². The van der Waals surface area contributed by atoms with Gasteiger partial charge in [-0.15, -0.1) is 0 Å². The van der Waals surface area contributed by atoms with E-state index in [2.05, 4.69) is 16.0 Å². The highest BCUT2D eigenvalue weighted by atomic mass is 32.2. The largest absolute Gasteiger partial charge is 0.534 e. The smallest absolute Gasteiger partial charge is 0.463 e. The summed E-state index contributed by atoms with van der Waals surface area (Å²) in [6.45, 7) is 3.58. The molecular formula is C31H25F3O14S. The highest BCUT2D eigenvalue weighted by molar-refractivity contribution is 7.88. The van der Waals surface area contributed by atoms with E-state index < -0.39 is 111 Å². The molecule has 0 spiro atoms. The molecule has 18 heteroatoms. The molecule has 0 N–H and O–H groups in total. The molecule has 1 aliphatic carbocycles. The van der Waals surface area contributed by atoms with Crippen molar-refractivity contribution in [1.82, 2.24) is 0 Å². The summed E-state index contributed by atoms with van der Waals surface area (Å²) >= 11 is 0. The predicted molar refractivity (Wildman–Crippen MR) is 154 cm³/mol. The van der Waals surface area contributed by atoms with Gasteiger partial charge < -0.3 is 27.9 Å². The Labute approximate surface area is 275 Å². The Hall–Kier alpha value is -5.28. The van der Waals surface area contributed by atoms with Gasteiger partial charge in [0, 0.05) is 49.9 Å². The summed E-state index contributed by atoms with van der Waals surface area (Å²) < 4.78 is 94.0. The average molecular weight is 711 g/mol. The van der Waals surface area contributed by atoms with Gasteiger partial charge in [0.2, 0.25) is 0 Å². The summed E-state index contributed by atoms with van der Waals surface area (Å²) in [7, 11) is -6.24. The molecule has 0 radical (unpaired) electrons. The third kappa shape index (κ3) is 7.90. The third-order valence-corrected chi connectivity index (χ3v) is 7.82. The highest BCUT2D eigenvalue weighted by Gasteiger charge is 2.52. The zero-order valence-corrected chi connectivity index (χ0v) is 26.6. The lowest BCUT2D eigenvalue weighted by atomic mass is 9.81. The average Bonchev–Trinajstić information content (AvgIpc) is 2.98. The first kappa shape index (κ1) is 36.6. The van der Waals surface area contributed by atoms with Gasteiger partial charge in [-0.05, 0) is 12.1 Å². The molecule has 2 aliphatic rings. The molecule has 0 bridgehead atoms. The molecule has 5 atom stereocenters. The molecule has 0 amide bonds. The van der Waals surface area contributed by atoms with Crippen LogP contribution < -0.4 is 4.18 Å². The Kier molecular flexibility index (Phi) is 10.5. The van der Waals surface area contributed by atoms with Crippen LogP contribution in [0.2, 0.25) is 0 Å². The van der Waals surface area contributed by atoms with Crippen LogP contribution in [0, 0.1) is 11.8 Å². The van der Waals surface area contributed by atoms with E-state index in [1.165, 1.54) is 18.2 Å². The fourth-order valence-corrected chi connectivity index (χ4v) is 5.51. The lowest BCUT2D eigenvalue weighted by Gasteiger charge is -2.42. The van der Waals surface area contributed by atoms with E-state index in [-0.39, 0.29) is 11.1 Å². The maximum absolute atomic E-state index is 13.8. The van der Waals surface area contributed by atoms with Crippen LogP contribution in [0.1, 0.15) is 65.1 Å². The second-order valence-electron chi connectivity index (χ2n) is 10.4. The Morgan fingerprint density at radius 3 is 1.90 bits per heavy atom. The van der Waals surface area contributed by atoms with E-state index in [1.54, 1.807) is 0 Å². The maximum atomic E-state index is 13.8. The monoisotopic (exact) mass is 710 g/mol. The summed E-state index contributed by atoms with van der Waals surface area (Å²) in [6.07, 6.45) is -7.52. The van der Waals surface area contributed by atoms with Crippen LogP contribution >= 0.6 is 0 Å². The molecule has 1 saturated heterocycles. The SMILES string of the molecule is CC(=O)OC[C@H]1O[C@@H](C#Cc2cccc3c2C(=O)c2c(OS(=O)(=O)C(F)(F)F)cccc2C3=O)[C@H](OC(C)=O)[C@@H](OC(C)=O)[C@@H]1OC(C)=O. The molecule has 2 aromatic rings. The van der Waals surface area contributed by atoms with Crippen LogP contribution in [0.3, 0.4) is 0 Å². The van der Waals surface area contributed by atoms with E-state index in [4.69, 9.17) is 23.7 Å². The third-order valence-electron chi connectivity index (χ3n) is 6.86. The van der Waals surface area contributed by atoms with Gasteiger partial charge in [0.05, 0.1) is 5.56 Å². The molecule has 260 valence electrons. The van der Waals surface area contributed by atoms with Gasteiger partial charge in [0.15, 0.2) is 41.7 Å². The van der Waals surface area contributed by atoms with E-state index in [0.717, 1.165) is 45.9 Å². The number of hydrogen-bond donors (Lipinski definition) is 0. The number of benzene rings is 2. The molecule has 14 nitrogen and oxygen atoms in total. The standard InChI is InChI=1S/C31H25F3O14S/c1-14(35)43-13-23-29(45-16(3)37)30(46-17(4)38)28(44-15(2)36)22(47-23)12-11-18-7-5-8-19-24(18)27(40)25-20(26(19)39)9-6-10-21(25)48-49(41,42)31(32,33)34/h5-10,22-23,28-30H,13H2,1-4H3/t22-,23+,28-,29+,30+/m0/s1. The molecule has 2 aromatic carbocycles. The number of esters is 4. The van der Waals surface area contributed by atoms with Crippen LogP contribution in [0.15, 0.2) is 36.4 Å². The number of carbonyl (C=O) groups excluding carboxylic acids is 6. The number of rotatable bonds is 7. The quantitative estimate of drug-likeness (QED) is 0.114. The van der Waals surface area contributed by atoms with Gasteiger partial charge >= 0.3 is 39.5 Å². The lowest BCUT2D eigenvalue weighted by molar-refractivity contribution is -0.242. The molecule has 0 saturated carbocycles. The molecule has 4 rings (SSSR count). The van der Waals surface area contributed by atoms with Crippen molar-refractivity contribution in [2.45, 2.75) is 63.7 Å². The number of alkyl halides is 3. The summed E-state index contributed by atoms with van der Waals surface area (Å²) in [4.78, 5) is 74.9. The van der Waals surface area contributed by atoms with Crippen LogP contribution in [-0.2, 0) is 53.0 Å². The number of fused-ring (bicyclic) bond motifs is 2. The number of ketones is 2. The highest BCUT2D eigenvalue weighted by Crippen LogP contribution is 2.37. The van der Waals surface area contributed by atoms with Gasteiger partial charge in [0.1, 0.15) is 12.7 Å². The van der Waals surface area contributed by atoms with Crippen molar-refractivity contribution >= 4 is 45.6 Å². The molecular weight excluding hydrogens is 685 g/mol. The second kappa shape index (κ2) is 14.1. The van der Waals surface area contributed by atoms with Crippen LogP contribution in [0.5, 0.6) is 5.75 Å². The summed E-state index contributed by atoms with van der Waals surface area (Å²) in [5, 5.41) is 0. The predicted octanol–water partition coefficient (Wildman–Crippen LogP) is 2.17. The number of ether oxygens (including phenoxy) is 5. The Morgan fingerprint density at radius 1 is 0.776 bits per heavy atom. The van der Waals surface area contributed by atoms with Crippen LogP contribution in [-0.4, -0.2) is 86.5 Å². The topological polar surface area (TPSA) is 192 Å². The minimum Gasteiger partial charge on any atom is -0.463 e. The van der Waals surface area contributed by atoms with Crippen LogP contribution in [0.25, 0.3) is 0 Å². The van der Waals surface area contributed by atoms with E-state index in [1.807, 2.05) is 0 Å². The van der Waals surface area contributed by atoms with Crippen molar-refractivity contribution in [3.63, 3.8) is 0 Å². The molecule has 1 fully saturated rings. The Bertz CT molecular complexity index is 1910. The summed E-state index contributed by atoms with van der Waals surface area (Å²) in [5.41, 5.74) is -7.93. The molecule has 0 aromatic heterocycles. The van der Waals surface area contributed by atoms with E-state index in [9.17, 15) is 50.4 Å². The molecule has 0 unspecified atom stereocenters. The summed E-state index contributed by atoms with van der Waals surface area (Å²) in [6, 6.07) is 6.72.